The molecule has 1 saturated heterocycles. The molecule has 4 heteroatoms. The van der Waals surface area contributed by atoms with Gasteiger partial charge in [-0.25, -0.2) is 9.97 Å². The van der Waals surface area contributed by atoms with Crippen LogP contribution < -0.4 is 5.32 Å². The number of pyridine rings is 1. The second kappa shape index (κ2) is 7.88. The molecule has 0 bridgehead atoms. The maximum Gasteiger partial charge on any atom is 0.160 e. The summed E-state index contributed by atoms with van der Waals surface area (Å²) < 4.78 is 2.29. The average Bonchev–Trinajstić information content (AvgIpc) is 3.28. The van der Waals surface area contributed by atoms with Crippen LogP contribution in [0.5, 0.6) is 0 Å². The van der Waals surface area contributed by atoms with Crippen LogP contribution in [-0.2, 0) is 0 Å². The summed E-state index contributed by atoms with van der Waals surface area (Å²) in [4.78, 5) is 9.89. The first-order valence-electron chi connectivity index (χ1n) is 11.4. The molecule has 1 N–H and O–H groups in total. The van der Waals surface area contributed by atoms with E-state index in [1.165, 1.54) is 33.0 Å². The monoisotopic (exact) mass is 418 g/mol. The second-order valence-corrected chi connectivity index (χ2v) is 8.78. The fourth-order valence-corrected chi connectivity index (χ4v) is 5.00. The molecule has 1 aliphatic rings. The quantitative estimate of drug-likeness (QED) is 0.382. The number of hydrogen-bond acceptors (Lipinski definition) is 3. The fourth-order valence-electron chi connectivity index (χ4n) is 5.00. The minimum absolute atomic E-state index is 0.447. The van der Waals surface area contributed by atoms with Crippen molar-refractivity contribution in [2.24, 2.45) is 0 Å². The van der Waals surface area contributed by atoms with E-state index in [1.807, 2.05) is 12.5 Å². The predicted octanol–water partition coefficient (Wildman–Crippen LogP) is 6.15. The van der Waals surface area contributed by atoms with Crippen LogP contribution >= 0.6 is 0 Å². The van der Waals surface area contributed by atoms with Gasteiger partial charge in [0.15, 0.2) is 5.65 Å². The van der Waals surface area contributed by atoms with Gasteiger partial charge in [-0.3, -0.25) is 0 Å². The smallest absolute Gasteiger partial charge is 0.160 e. The fraction of sp³-hybridized carbons (Fsp3) is 0.214. The van der Waals surface area contributed by atoms with Gasteiger partial charge in [0.2, 0.25) is 0 Å². The molecular weight excluding hydrogens is 392 g/mol. The molecule has 0 amide bonds. The van der Waals surface area contributed by atoms with Gasteiger partial charge in [-0.2, -0.15) is 0 Å². The third-order valence-electron chi connectivity index (χ3n) is 6.66. The normalized spacial score (nSPS) is 14.9. The molecule has 6 rings (SSSR count). The summed E-state index contributed by atoms with van der Waals surface area (Å²) in [7, 11) is 0. The highest BCUT2D eigenvalue weighted by molar-refractivity contribution is 6.01. The summed E-state index contributed by atoms with van der Waals surface area (Å²) in [5.41, 5.74) is 7.87. The van der Waals surface area contributed by atoms with Gasteiger partial charge in [-0.15, -0.1) is 0 Å². The average molecular weight is 419 g/mol. The molecule has 0 radical (unpaired) electrons. The van der Waals surface area contributed by atoms with E-state index >= 15 is 0 Å². The lowest BCUT2D eigenvalue weighted by atomic mass is 9.93. The van der Waals surface area contributed by atoms with Gasteiger partial charge in [-0.1, -0.05) is 66.2 Å². The maximum absolute atomic E-state index is 4.95. The molecule has 1 aliphatic heterocycles. The van der Waals surface area contributed by atoms with Crippen molar-refractivity contribution in [1.29, 1.82) is 0 Å². The first-order valence-corrected chi connectivity index (χ1v) is 11.4. The Morgan fingerprint density at radius 1 is 0.844 bits per heavy atom. The van der Waals surface area contributed by atoms with Crippen LogP contribution in [0.15, 0.2) is 79.3 Å². The lowest BCUT2D eigenvalue weighted by molar-refractivity contribution is 0.373. The highest BCUT2D eigenvalue weighted by atomic mass is 15.1. The van der Waals surface area contributed by atoms with E-state index in [4.69, 9.17) is 9.97 Å². The number of imidazole rings is 1. The predicted molar refractivity (Wildman–Crippen MR) is 132 cm³/mol. The summed E-state index contributed by atoms with van der Waals surface area (Å²) in [5.74, 6) is 0. The van der Waals surface area contributed by atoms with Crippen LogP contribution in [0.1, 0.15) is 24.4 Å². The Labute approximate surface area is 188 Å². The second-order valence-electron chi connectivity index (χ2n) is 8.78. The number of fused-ring (bicyclic) bond motifs is 2. The number of nitrogens with zero attached hydrogens (tertiary/aromatic N) is 3. The van der Waals surface area contributed by atoms with Crippen molar-refractivity contribution >= 4 is 21.9 Å². The number of rotatable bonds is 3. The summed E-state index contributed by atoms with van der Waals surface area (Å²) >= 11 is 0. The largest absolute Gasteiger partial charge is 0.317 e. The summed E-state index contributed by atoms with van der Waals surface area (Å²) in [6.07, 6.45) is 6.26. The molecule has 0 unspecified atom stereocenters. The molecular formula is C28H26N4. The summed E-state index contributed by atoms with van der Waals surface area (Å²) in [6.45, 7) is 4.23. The minimum Gasteiger partial charge on any atom is -0.317 e. The Morgan fingerprint density at radius 3 is 2.53 bits per heavy atom. The molecule has 4 nitrogen and oxygen atoms in total. The van der Waals surface area contributed by atoms with Crippen LogP contribution in [0, 0.1) is 6.92 Å². The van der Waals surface area contributed by atoms with E-state index < -0.39 is 0 Å². The zero-order valence-corrected chi connectivity index (χ0v) is 18.3. The standard InChI is InChI=1S/C28H26N4/c1-19-5-4-8-22(15-19)25-17-30-28-27(31-18-32(28)24-11-13-29-14-12-24)26(25)23-10-9-20-6-2-3-7-21(20)16-23/h2-10,15-18,24,29H,11-14H2,1H3. The Kier molecular flexibility index (Phi) is 4.73. The van der Waals surface area contributed by atoms with E-state index in [9.17, 15) is 0 Å². The lowest BCUT2D eigenvalue weighted by Crippen LogP contribution is -2.29. The SMILES string of the molecule is Cc1cccc(-c2cnc3c(ncn3C3CCNCC3)c2-c2ccc3ccccc3c2)c1. The van der Waals surface area contributed by atoms with Crippen LogP contribution in [0.3, 0.4) is 0 Å². The van der Waals surface area contributed by atoms with Crippen LogP contribution in [0.2, 0.25) is 0 Å². The van der Waals surface area contributed by atoms with E-state index in [0.717, 1.165) is 42.7 Å². The van der Waals surface area contributed by atoms with Crippen molar-refractivity contribution in [3.63, 3.8) is 0 Å². The third kappa shape index (κ3) is 3.28. The number of hydrogen-bond donors (Lipinski definition) is 1. The Bertz CT molecular complexity index is 1430. The highest BCUT2D eigenvalue weighted by Crippen LogP contribution is 2.39. The molecule has 5 aromatic rings. The minimum atomic E-state index is 0.447. The van der Waals surface area contributed by atoms with Crippen LogP contribution in [0.25, 0.3) is 44.2 Å². The van der Waals surface area contributed by atoms with Crippen LogP contribution in [0.4, 0.5) is 0 Å². The van der Waals surface area contributed by atoms with E-state index in [-0.39, 0.29) is 0 Å². The molecule has 3 aromatic carbocycles. The van der Waals surface area contributed by atoms with Crippen molar-refractivity contribution in [2.45, 2.75) is 25.8 Å². The molecule has 0 aliphatic carbocycles. The summed E-state index contributed by atoms with van der Waals surface area (Å²) in [5, 5.41) is 5.95. The van der Waals surface area contributed by atoms with E-state index in [2.05, 4.69) is 83.5 Å². The maximum atomic E-state index is 4.95. The van der Waals surface area contributed by atoms with Crippen molar-refractivity contribution < 1.29 is 0 Å². The number of benzene rings is 3. The Balaban J connectivity index is 1.61. The molecule has 3 heterocycles. The van der Waals surface area contributed by atoms with Crippen LogP contribution in [-0.4, -0.2) is 27.6 Å². The first kappa shape index (κ1) is 19.2. The first-order chi connectivity index (χ1) is 15.8. The zero-order chi connectivity index (χ0) is 21.5. The van der Waals surface area contributed by atoms with Gasteiger partial charge in [0.05, 0.1) is 6.33 Å². The lowest BCUT2D eigenvalue weighted by Gasteiger charge is -2.24. The molecule has 158 valence electrons. The van der Waals surface area contributed by atoms with E-state index in [0.29, 0.717) is 6.04 Å². The number of nitrogens with one attached hydrogen (secondary N) is 1. The van der Waals surface area contributed by atoms with Crippen molar-refractivity contribution in [3.05, 3.63) is 84.8 Å². The summed E-state index contributed by atoms with van der Waals surface area (Å²) in [6, 6.07) is 24.3. The molecule has 2 aromatic heterocycles. The molecule has 32 heavy (non-hydrogen) atoms. The molecule has 0 saturated carbocycles. The topological polar surface area (TPSA) is 42.7 Å². The van der Waals surface area contributed by atoms with Crippen molar-refractivity contribution in [1.82, 2.24) is 19.9 Å². The van der Waals surface area contributed by atoms with Crippen molar-refractivity contribution in [3.8, 4) is 22.3 Å². The third-order valence-corrected chi connectivity index (χ3v) is 6.66. The van der Waals surface area contributed by atoms with Crippen molar-refractivity contribution in [2.75, 3.05) is 13.1 Å². The number of aromatic nitrogens is 3. The van der Waals surface area contributed by atoms with Gasteiger partial charge in [0.25, 0.3) is 0 Å². The van der Waals surface area contributed by atoms with Gasteiger partial charge < -0.3 is 9.88 Å². The Hall–Kier alpha value is -3.50. The van der Waals surface area contributed by atoms with E-state index in [1.54, 1.807) is 0 Å². The van der Waals surface area contributed by atoms with Gasteiger partial charge in [0.1, 0.15) is 5.52 Å². The number of piperidine rings is 1. The van der Waals surface area contributed by atoms with Gasteiger partial charge in [-0.05, 0) is 60.8 Å². The highest BCUT2D eigenvalue weighted by Gasteiger charge is 2.22. The Morgan fingerprint density at radius 2 is 1.69 bits per heavy atom. The van der Waals surface area contributed by atoms with Gasteiger partial charge >= 0.3 is 0 Å². The molecule has 0 atom stereocenters. The van der Waals surface area contributed by atoms with Gasteiger partial charge in [0, 0.05) is 23.4 Å². The molecule has 0 spiro atoms. The number of aryl methyl sites for hydroxylation is 1. The zero-order valence-electron chi connectivity index (χ0n) is 18.3. The molecule has 1 fully saturated rings.